The van der Waals surface area contributed by atoms with Crippen molar-refractivity contribution in [3.63, 3.8) is 0 Å². The van der Waals surface area contributed by atoms with Gasteiger partial charge in [0.05, 0.1) is 11.7 Å². The van der Waals surface area contributed by atoms with Crippen molar-refractivity contribution in [2.45, 2.75) is 20.0 Å². The molecule has 0 aliphatic heterocycles. The molecule has 0 saturated carbocycles. The molecule has 5 heteroatoms. The largest absolute Gasteiger partial charge is 0.478 e. The highest BCUT2D eigenvalue weighted by molar-refractivity contribution is 5.96. The maximum atomic E-state index is 11.4. The van der Waals surface area contributed by atoms with Gasteiger partial charge in [-0.15, -0.1) is 0 Å². The Morgan fingerprint density at radius 3 is 2.65 bits per heavy atom. The van der Waals surface area contributed by atoms with Crippen molar-refractivity contribution >= 4 is 11.5 Å². The van der Waals surface area contributed by atoms with Crippen molar-refractivity contribution in [2.75, 3.05) is 6.54 Å². The molecule has 3 aromatic rings. The first-order valence-electron chi connectivity index (χ1n) is 7.64. The molecule has 0 radical (unpaired) electrons. The Kier molecular flexibility index (Phi) is 4.39. The number of nitrogens with zero attached hydrogens (tertiary/aromatic N) is 3. The van der Waals surface area contributed by atoms with E-state index >= 15 is 0 Å². The van der Waals surface area contributed by atoms with Crippen molar-refractivity contribution in [1.29, 1.82) is 0 Å². The number of carboxylic acids is 1. The molecule has 2 heterocycles. The summed E-state index contributed by atoms with van der Waals surface area (Å²) in [5, 5.41) is 13.5. The summed E-state index contributed by atoms with van der Waals surface area (Å²) in [4.78, 5) is 13.7. The summed E-state index contributed by atoms with van der Waals surface area (Å²) in [6, 6.07) is 14.1. The van der Waals surface area contributed by atoms with Gasteiger partial charge < -0.3 is 5.11 Å². The fourth-order valence-electron chi connectivity index (χ4n) is 2.76. The van der Waals surface area contributed by atoms with Crippen LogP contribution in [0.25, 0.3) is 5.52 Å². The average molecular weight is 309 g/mol. The third-order valence-corrected chi connectivity index (χ3v) is 3.94. The van der Waals surface area contributed by atoms with Gasteiger partial charge in [-0.1, -0.05) is 43.3 Å². The summed E-state index contributed by atoms with van der Waals surface area (Å²) in [6.07, 6.45) is 3.19. The van der Waals surface area contributed by atoms with Crippen LogP contribution in [-0.4, -0.2) is 32.1 Å². The Labute approximate surface area is 134 Å². The normalized spacial score (nSPS) is 11.2. The molecule has 3 rings (SSSR count). The number of hydrogen-bond acceptors (Lipinski definition) is 3. The van der Waals surface area contributed by atoms with E-state index in [1.165, 1.54) is 11.8 Å². The lowest BCUT2D eigenvalue weighted by atomic mass is 10.1. The van der Waals surface area contributed by atoms with Gasteiger partial charge in [0.2, 0.25) is 0 Å². The second kappa shape index (κ2) is 6.62. The van der Waals surface area contributed by atoms with E-state index in [-0.39, 0.29) is 5.56 Å². The minimum atomic E-state index is -0.946. The highest BCUT2D eigenvalue weighted by Gasteiger charge is 2.16. The number of hydrogen-bond donors (Lipinski definition) is 1. The van der Waals surface area contributed by atoms with Gasteiger partial charge in [0, 0.05) is 19.3 Å². The SMILES string of the molecule is CCN(Cc1ccccc1)Cc1cccn2ncc(C(=O)O)c12. The van der Waals surface area contributed by atoms with E-state index in [0.717, 1.165) is 18.7 Å². The number of carbonyl (C=O) groups is 1. The van der Waals surface area contributed by atoms with Gasteiger partial charge >= 0.3 is 5.97 Å². The molecule has 0 bridgehead atoms. The highest BCUT2D eigenvalue weighted by Crippen LogP contribution is 2.19. The molecule has 118 valence electrons. The van der Waals surface area contributed by atoms with Crippen molar-refractivity contribution in [1.82, 2.24) is 14.5 Å². The Bertz CT molecular complexity index is 812. The smallest absolute Gasteiger partial charge is 0.339 e. The van der Waals surface area contributed by atoms with Crippen LogP contribution in [0.15, 0.2) is 54.9 Å². The summed E-state index contributed by atoms with van der Waals surface area (Å²) in [5.41, 5.74) is 3.14. The lowest BCUT2D eigenvalue weighted by molar-refractivity contribution is 0.0699. The molecule has 0 fully saturated rings. The lowest BCUT2D eigenvalue weighted by Gasteiger charge is -2.21. The van der Waals surface area contributed by atoms with Crippen molar-refractivity contribution in [3.05, 3.63) is 71.5 Å². The van der Waals surface area contributed by atoms with Gasteiger partial charge in [-0.25, -0.2) is 9.31 Å². The molecular formula is C18H19N3O2. The standard InChI is InChI=1S/C18H19N3O2/c1-2-20(12-14-7-4-3-5-8-14)13-15-9-6-10-21-17(15)16(11-19-21)18(22)23/h3-11H,2,12-13H2,1H3,(H,22,23). The zero-order valence-electron chi connectivity index (χ0n) is 13.0. The molecule has 0 saturated heterocycles. The van der Waals surface area contributed by atoms with Crippen LogP contribution in [0.2, 0.25) is 0 Å². The first kappa shape index (κ1) is 15.2. The molecule has 1 aromatic carbocycles. The van der Waals surface area contributed by atoms with Crippen LogP contribution in [0, 0.1) is 0 Å². The number of aromatic nitrogens is 2. The number of fused-ring (bicyclic) bond motifs is 1. The van der Waals surface area contributed by atoms with E-state index in [1.807, 2.05) is 30.3 Å². The van der Waals surface area contributed by atoms with Gasteiger partial charge in [0.1, 0.15) is 5.56 Å². The third kappa shape index (κ3) is 3.24. The predicted octanol–water partition coefficient (Wildman–Crippen LogP) is 3.05. The Morgan fingerprint density at radius 2 is 1.96 bits per heavy atom. The van der Waals surface area contributed by atoms with Crippen LogP contribution in [-0.2, 0) is 13.1 Å². The van der Waals surface area contributed by atoms with E-state index in [0.29, 0.717) is 12.1 Å². The first-order valence-corrected chi connectivity index (χ1v) is 7.64. The third-order valence-electron chi connectivity index (χ3n) is 3.94. The molecule has 2 aromatic heterocycles. The maximum absolute atomic E-state index is 11.4. The number of benzene rings is 1. The first-order chi connectivity index (χ1) is 11.2. The monoisotopic (exact) mass is 309 g/mol. The zero-order chi connectivity index (χ0) is 16.2. The second-order valence-corrected chi connectivity index (χ2v) is 5.48. The van der Waals surface area contributed by atoms with Crippen molar-refractivity contribution < 1.29 is 9.90 Å². The summed E-state index contributed by atoms with van der Waals surface area (Å²) in [5.74, 6) is -0.946. The van der Waals surface area contributed by atoms with Crippen LogP contribution >= 0.6 is 0 Å². The van der Waals surface area contributed by atoms with Crippen LogP contribution in [0.1, 0.15) is 28.4 Å². The van der Waals surface area contributed by atoms with Crippen LogP contribution in [0.3, 0.4) is 0 Å². The second-order valence-electron chi connectivity index (χ2n) is 5.48. The summed E-state index contributed by atoms with van der Waals surface area (Å²) < 4.78 is 1.63. The zero-order valence-corrected chi connectivity index (χ0v) is 13.0. The minimum absolute atomic E-state index is 0.247. The van der Waals surface area contributed by atoms with Gasteiger partial charge in [0.25, 0.3) is 0 Å². The number of carboxylic acid groups (broad SMARTS) is 1. The molecule has 0 atom stereocenters. The fourth-order valence-corrected chi connectivity index (χ4v) is 2.76. The van der Waals surface area contributed by atoms with Gasteiger partial charge in [-0.3, -0.25) is 4.90 Å². The molecule has 1 N–H and O–H groups in total. The van der Waals surface area contributed by atoms with Crippen LogP contribution in [0.5, 0.6) is 0 Å². The van der Waals surface area contributed by atoms with E-state index < -0.39 is 5.97 Å². The Balaban J connectivity index is 1.90. The van der Waals surface area contributed by atoms with Crippen molar-refractivity contribution in [2.24, 2.45) is 0 Å². The quantitative estimate of drug-likeness (QED) is 0.760. The minimum Gasteiger partial charge on any atom is -0.478 e. The number of rotatable bonds is 6. The van der Waals surface area contributed by atoms with Gasteiger partial charge in [0.15, 0.2) is 0 Å². The highest BCUT2D eigenvalue weighted by atomic mass is 16.4. The Morgan fingerprint density at radius 1 is 1.17 bits per heavy atom. The summed E-state index contributed by atoms with van der Waals surface area (Å²) in [7, 11) is 0. The summed E-state index contributed by atoms with van der Waals surface area (Å²) in [6.45, 7) is 4.50. The van der Waals surface area contributed by atoms with Gasteiger partial charge in [-0.2, -0.15) is 5.10 Å². The van der Waals surface area contributed by atoms with E-state index in [4.69, 9.17) is 0 Å². The van der Waals surface area contributed by atoms with E-state index in [2.05, 4.69) is 29.1 Å². The average Bonchev–Trinajstić information content (AvgIpc) is 3.00. The van der Waals surface area contributed by atoms with Gasteiger partial charge in [-0.05, 0) is 23.7 Å². The van der Waals surface area contributed by atoms with E-state index in [9.17, 15) is 9.90 Å². The summed E-state index contributed by atoms with van der Waals surface area (Å²) >= 11 is 0. The number of pyridine rings is 1. The molecule has 0 amide bonds. The molecule has 0 unspecified atom stereocenters. The molecule has 0 spiro atoms. The topological polar surface area (TPSA) is 57.8 Å². The van der Waals surface area contributed by atoms with E-state index in [1.54, 1.807) is 10.7 Å². The lowest BCUT2D eigenvalue weighted by Crippen LogP contribution is -2.22. The predicted molar refractivity (Wildman–Crippen MR) is 88.4 cm³/mol. The molecule has 23 heavy (non-hydrogen) atoms. The Hall–Kier alpha value is -2.66. The number of aromatic carboxylic acids is 1. The molecule has 5 nitrogen and oxygen atoms in total. The van der Waals surface area contributed by atoms with Crippen molar-refractivity contribution in [3.8, 4) is 0 Å². The molecule has 0 aliphatic rings. The maximum Gasteiger partial charge on any atom is 0.339 e. The molecular weight excluding hydrogens is 290 g/mol. The fraction of sp³-hybridized carbons (Fsp3) is 0.222. The molecule has 0 aliphatic carbocycles. The van der Waals surface area contributed by atoms with Crippen LogP contribution < -0.4 is 0 Å². The van der Waals surface area contributed by atoms with Crippen LogP contribution in [0.4, 0.5) is 0 Å².